The van der Waals surface area contributed by atoms with E-state index in [0.29, 0.717) is 0 Å². The Morgan fingerprint density at radius 3 is 1.67 bits per heavy atom. The topological polar surface area (TPSA) is 9.23 Å². The van der Waals surface area contributed by atoms with E-state index in [2.05, 4.69) is 208 Å². The molecule has 57 heavy (non-hydrogen) atoms. The summed E-state index contributed by atoms with van der Waals surface area (Å²) in [7, 11) is 1.76. The zero-order chi connectivity index (χ0) is 39.3. The van der Waals surface area contributed by atoms with Gasteiger partial charge in [0.25, 0.3) is 0 Å². The molecule has 0 radical (unpaired) electrons. The molecule has 1 unspecified atom stereocenters. The summed E-state index contributed by atoms with van der Waals surface area (Å²) < 4.78 is 5.96. The lowest BCUT2D eigenvalue weighted by atomic mass is 9.85. The Labute approximate surface area is 337 Å². The number of rotatable bonds is 8. The number of allylic oxidation sites excluding steroid dienone is 4. The highest BCUT2D eigenvalue weighted by Gasteiger charge is 2.17. The number of fused-ring (bicyclic) bond motifs is 5. The van der Waals surface area contributed by atoms with Gasteiger partial charge in [0.15, 0.2) is 0 Å². The molecule has 278 valence electrons. The van der Waals surface area contributed by atoms with E-state index in [4.69, 9.17) is 4.74 Å². The zero-order valence-electron chi connectivity index (χ0n) is 33.5. The molecule has 9 rings (SSSR count). The average molecular weight is 737 g/mol. The van der Waals surface area contributed by atoms with Crippen LogP contribution in [0.1, 0.15) is 44.7 Å². The van der Waals surface area contributed by atoms with E-state index in [-0.39, 0.29) is 5.92 Å². The first-order valence-corrected chi connectivity index (χ1v) is 20.1. The van der Waals surface area contributed by atoms with Crippen LogP contribution in [0.15, 0.2) is 194 Å². The van der Waals surface area contributed by atoms with Crippen LogP contribution in [-0.2, 0) is 0 Å². The summed E-state index contributed by atoms with van der Waals surface area (Å²) in [5.74, 6) is 1.07. The fraction of sp³-hybridized carbons (Fsp3) is 0.107. The summed E-state index contributed by atoms with van der Waals surface area (Å²) >= 11 is 0. The first-order valence-electron chi connectivity index (χ1n) is 20.1. The van der Waals surface area contributed by atoms with Gasteiger partial charge in [-0.25, -0.2) is 0 Å². The third-order valence-electron chi connectivity index (χ3n) is 11.2. The third-order valence-corrected chi connectivity index (χ3v) is 11.2. The Morgan fingerprint density at radius 1 is 0.491 bits per heavy atom. The third kappa shape index (κ3) is 7.14. The van der Waals surface area contributed by atoms with Gasteiger partial charge in [-0.1, -0.05) is 197 Å². The van der Waals surface area contributed by atoms with Crippen LogP contribution in [0.2, 0.25) is 0 Å². The van der Waals surface area contributed by atoms with E-state index in [1.54, 1.807) is 7.11 Å². The van der Waals surface area contributed by atoms with Crippen molar-refractivity contribution in [3.8, 4) is 39.1 Å². The summed E-state index contributed by atoms with van der Waals surface area (Å²) in [6.07, 6.45) is 6.82. The van der Waals surface area contributed by atoms with E-state index in [1.165, 1.54) is 87.6 Å². The predicted octanol–water partition coefficient (Wildman–Crippen LogP) is 16.1. The van der Waals surface area contributed by atoms with E-state index in [9.17, 15) is 0 Å². The van der Waals surface area contributed by atoms with Gasteiger partial charge < -0.3 is 4.74 Å². The molecular weight excluding hydrogens is 689 g/mol. The predicted molar refractivity (Wildman–Crippen MR) is 248 cm³/mol. The maximum Gasteiger partial charge on any atom is 0.126 e. The molecule has 0 fully saturated rings. The second kappa shape index (κ2) is 16.6. The van der Waals surface area contributed by atoms with Crippen molar-refractivity contribution in [1.29, 1.82) is 0 Å². The van der Waals surface area contributed by atoms with Crippen molar-refractivity contribution in [2.75, 3.05) is 7.11 Å². The van der Waals surface area contributed by atoms with E-state index < -0.39 is 0 Å². The molecule has 0 spiro atoms. The molecule has 0 heterocycles. The number of hydrogen-bond donors (Lipinski definition) is 0. The van der Waals surface area contributed by atoms with Crippen LogP contribution >= 0.6 is 0 Å². The summed E-state index contributed by atoms with van der Waals surface area (Å²) in [6, 6.07) is 63.6. The van der Waals surface area contributed by atoms with Gasteiger partial charge in [-0.2, -0.15) is 0 Å². The molecule has 0 amide bonds. The van der Waals surface area contributed by atoms with Gasteiger partial charge in [0.2, 0.25) is 0 Å². The largest absolute Gasteiger partial charge is 0.496 e. The average Bonchev–Trinajstić information content (AvgIpc) is 3.28. The summed E-state index contributed by atoms with van der Waals surface area (Å²) in [5, 5.41) is 10.0. The molecular formula is C56H48O. The van der Waals surface area contributed by atoms with Crippen LogP contribution in [0.4, 0.5) is 0 Å². The fourth-order valence-electron chi connectivity index (χ4n) is 8.38. The maximum absolute atomic E-state index is 5.96. The lowest BCUT2D eigenvalue weighted by Gasteiger charge is -2.18. The maximum atomic E-state index is 5.96. The molecule has 0 N–H and O–H groups in total. The smallest absolute Gasteiger partial charge is 0.126 e. The number of methoxy groups -OCH3 is 1. The minimum atomic E-state index is 0.190. The van der Waals surface area contributed by atoms with Crippen LogP contribution in [0.5, 0.6) is 5.75 Å². The van der Waals surface area contributed by atoms with Crippen molar-refractivity contribution < 1.29 is 4.74 Å². The molecule has 1 nitrogen and oxygen atoms in total. The van der Waals surface area contributed by atoms with Crippen molar-refractivity contribution >= 4 is 48.7 Å². The van der Waals surface area contributed by atoms with Crippen molar-refractivity contribution in [3.05, 3.63) is 205 Å². The van der Waals surface area contributed by atoms with Gasteiger partial charge in [-0.15, -0.1) is 0 Å². The molecule has 9 aromatic rings. The van der Waals surface area contributed by atoms with Gasteiger partial charge in [-0.3, -0.25) is 0 Å². The summed E-state index contributed by atoms with van der Waals surface area (Å²) in [5.41, 5.74) is 11.0. The van der Waals surface area contributed by atoms with Crippen LogP contribution in [-0.4, -0.2) is 7.11 Å². The van der Waals surface area contributed by atoms with Gasteiger partial charge in [0.1, 0.15) is 5.75 Å². The molecule has 0 saturated carbocycles. The molecule has 1 heteroatoms. The molecule has 0 aliphatic carbocycles. The molecule has 1 atom stereocenters. The van der Waals surface area contributed by atoms with Crippen molar-refractivity contribution in [2.24, 2.45) is 0 Å². The first-order chi connectivity index (χ1) is 28.1. The van der Waals surface area contributed by atoms with Crippen LogP contribution in [0.3, 0.4) is 0 Å². The van der Waals surface area contributed by atoms with Gasteiger partial charge >= 0.3 is 0 Å². The summed E-state index contributed by atoms with van der Waals surface area (Å²) in [6.45, 7) is 8.51. The highest BCUT2D eigenvalue weighted by atomic mass is 16.5. The Bertz CT molecular complexity index is 2850. The first kappa shape index (κ1) is 37.2. The summed E-state index contributed by atoms with van der Waals surface area (Å²) in [4.78, 5) is 0. The Hall–Kier alpha value is -6.70. The van der Waals surface area contributed by atoms with Gasteiger partial charge in [0.05, 0.1) is 7.11 Å². The Morgan fingerprint density at radius 2 is 1.02 bits per heavy atom. The molecule has 0 aromatic heterocycles. The minimum absolute atomic E-state index is 0.190. The van der Waals surface area contributed by atoms with E-state index >= 15 is 0 Å². The molecule has 0 aliphatic heterocycles. The van der Waals surface area contributed by atoms with Crippen molar-refractivity contribution in [3.63, 3.8) is 0 Å². The van der Waals surface area contributed by atoms with Crippen molar-refractivity contribution in [1.82, 2.24) is 0 Å². The van der Waals surface area contributed by atoms with Crippen LogP contribution in [0, 0.1) is 0 Å². The van der Waals surface area contributed by atoms with Gasteiger partial charge in [-0.05, 0) is 119 Å². The highest BCUT2D eigenvalue weighted by Crippen LogP contribution is 2.43. The monoisotopic (exact) mass is 736 g/mol. The van der Waals surface area contributed by atoms with Crippen LogP contribution in [0.25, 0.3) is 82.0 Å². The fourth-order valence-corrected chi connectivity index (χ4v) is 8.38. The normalized spacial score (nSPS) is 12.3. The van der Waals surface area contributed by atoms with E-state index in [0.717, 1.165) is 11.3 Å². The lowest BCUT2D eigenvalue weighted by molar-refractivity contribution is 0.416. The quantitative estimate of drug-likeness (QED) is 0.0857. The number of ether oxygens (including phenoxy) is 1. The van der Waals surface area contributed by atoms with Crippen molar-refractivity contribution in [2.45, 2.75) is 33.6 Å². The molecule has 9 aromatic carbocycles. The molecule has 0 saturated heterocycles. The second-order valence-electron chi connectivity index (χ2n) is 14.5. The Balaban J connectivity index is 0.00000224. The molecule has 0 bridgehead atoms. The second-order valence-corrected chi connectivity index (χ2v) is 14.5. The molecule has 0 aliphatic rings. The standard InChI is InChI=1S/C54H42O.C2H6/c1-36(41-32-33-52(55-3)51(34-41)50-35-42-20-7-8-21-43(42)44-22-9-10-23-45(44)50)16-15-17-37(2)53-46-24-11-13-26-48(46)54(49-27-14-12-25-47(49)53)40-30-28-39(29-31-40)38-18-5-4-6-19-38;1-2/h4-36H,1-3H3;1-2H3/b16-15-,37-17+;. The minimum Gasteiger partial charge on any atom is -0.496 e. The van der Waals surface area contributed by atoms with Crippen LogP contribution < -0.4 is 4.74 Å². The van der Waals surface area contributed by atoms with E-state index in [1.807, 2.05) is 13.8 Å². The number of hydrogen-bond acceptors (Lipinski definition) is 1. The highest BCUT2D eigenvalue weighted by molar-refractivity contribution is 6.19. The Kier molecular flexibility index (Phi) is 10.8. The van der Waals surface area contributed by atoms with Gasteiger partial charge in [0, 0.05) is 5.56 Å². The number of benzene rings is 9. The lowest BCUT2D eigenvalue weighted by Crippen LogP contribution is -1.95. The zero-order valence-corrected chi connectivity index (χ0v) is 33.5. The SMILES string of the molecule is CC.COc1ccc(C(C)/C=C\C=C(/C)c2c3ccccc3c(-c3ccc(-c4ccccc4)cc3)c3ccccc23)cc1-c1cc2ccccc2c2ccccc12.